The van der Waals surface area contributed by atoms with Crippen LogP contribution in [0.1, 0.15) is 15.3 Å². The number of sulfonamides is 1. The van der Waals surface area contributed by atoms with Gasteiger partial charge < -0.3 is 5.32 Å². The van der Waals surface area contributed by atoms with Gasteiger partial charge in [-0.25, -0.2) is 13.1 Å². The van der Waals surface area contributed by atoms with Gasteiger partial charge in [0.05, 0.1) is 4.90 Å². The molecule has 2 N–H and O–H groups in total. The Balaban J connectivity index is 1.78. The van der Waals surface area contributed by atoms with Crippen LogP contribution in [0.4, 0.5) is 5.69 Å². The normalized spacial score (nSPS) is 14.1. The Morgan fingerprint density at radius 2 is 2.15 bits per heavy atom. The monoisotopic (exact) mass is 308 g/mol. The molecule has 106 valence electrons. The van der Waals surface area contributed by atoms with E-state index in [1.807, 2.05) is 25.1 Å². The van der Waals surface area contributed by atoms with Crippen molar-refractivity contribution < 1.29 is 8.42 Å². The van der Waals surface area contributed by atoms with Crippen LogP contribution < -0.4 is 10.0 Å². The number of hydrogen-bond donors (Lipinski definition) is 2. The Morgan fingerprint density at radius 1 is 1.30 bits per heavy atom. The zero-order valence-corrected chi connectivity index (χ0v) is 12.8. The fourth-order valence-corrected chi connectivity index (χ4v) is 4.22. The molecule has 1 aromatic carbocycles. The predicted octanol–water partition coefficient (Wildman–Crippen LogP) is 2.50. The van der Waals surface area contributed by atoms with Gasteiger partial charge in [-0.3, -0.25) is 0 Å². The first kappa shape index (κ1) is 13.6. The van der Waals surface area contributed by atoms with Crippen LogP contribution in [0.2, 0.25) is 0 Å². The number of nitrogens with one attached hydrogen (secondary N) is 2. The van der Waals surface area contributed by atoms with Crippen LogP contribution in [0.25, 0.3) is 0 Å². The maximum Gasteiger partial charge on any atom is 0.240 e. The molecule has 2 heterocycles. The lowest BCUT2D eigenvalue weighted by molar-refractivity contribution is 0.582. The van der Waals surface area contributed by atoms with E-state index in [1.165, 1.54) is 10.4 Å². The van der Waals surface area contributed by atoms with Crippen molar-refractivity contribution in [3.05, 3.63) is 45.6 Å². The summed E-state index contributed by atoms with van der Waals surface area (Å²) in [6.07, 6.45) is 0.956. The van der Waals surface area contributed by atoms with Crippen molar-refractivity contribution in [3.8, 4) is 0 Å². The van der Waals surface area contributed by atoms with Crippen molar-refractivity contribution >= 4 is 27.0 Å². The Hall–Kier alpha value is -1.37. The van der Waals surface area contributed by atoms with Gasteiger partial charge in [0.2, 0.25) is 10.0 Å². The molecular formula is C14H16N2O2S2. The maximum atomic E-state index is 12.3. The summed E-state index contributed by atoms with van der Waals surface area (Å²) >= 11 is 1.60. The van der Waals surface area contributed by atoms with Crippen molar-refractivity contribution in [3.63, 3.8) is 0 Å². The van der Waals surface area contributed by atoms with E-state index in [-0.39, 0.29) is 0 Å². The van der Waals surface area contributed by atoms with Gasteiger partial charge in [0, 0.05) is 28.5 Å². The number of fused-ring (bicyclic) bond motifs is 1. The average Bonchev–Trinajstić information content (AvgIpc) is 3.04. The molecule has 0 fully saturated rings. The molecule has 6 heteroatoms. The van der Waals surface area contributed by atoms with Crippen LogP contribution in [-0.2, 0) is 23.0 Å². The van der Waals surface area contributed by atoms with Gasteiger partial charge in [-0.05, 0) is 43.2 Å². The summed E-state index contributed by atoms with van der Waals surface area (Å²) in [6.45, 7) is 3.22. The third-order valence-electron chi connectivity index (χ3n) is 3.33. The number of rotatable bonds is 4. The lowest BCUT2D eigenvalue weighted by Crippen LogP contribution is -2.22. The minimum atomic E-state index is -3.45. The number of anilines is 1. The summed E-state index contributed by atoms with van der Waals surface area (Å²) < 4.78 is 27.2. The molecule has 0 aliphatic carbocycles. The Labute approximate surface area is 122 Å². The largest absolute Gasteiger partial charge is 0.384 e. The molecule has 20 heavy (non-hydrogen) atoms. The first-order chi connectivity index (χ1) is 9.54. The summed E-state index contributed by atoms with van der Waals surface area (Å²) in [5.41, 5.74) is 2.11. The minimum absolute atomic E-state index is 0.318. The van der Waals surface area contributed by atoms with Crippen molar-refractivity contribution in [1.29, 1.82) is 0 Å². The molecule has 2 aromatic rings. The van der Waals surface area contributed by atoms with Crippen molar-refractivity contribution in [2.45, 2.75) is 24.8 Å². The van der Waals surface area contributed by atoms with E-state index in [9.17, 15) is 8.42 Å². The van der Waals surface area contributed by atoms with E-state index < -0.39 is 10.0 Å². The topological polar surface area (TPSA) is 58.2 Å². The molecule has 0 spiro atoms. The molecule has 0 atom stereocenters. The highest BCUT2D eigenvalue weighted by molar-refractivity contribution is 7.89. The third kappa shape index (κ3) is 2.72. The van der Waals surface area contributed by atoms with Gasteiger partial charge in [-0.2, -0.15) is 0 Å². The standard InChI is InChI=1S/C14H16N2O2S2/c1-10-2-4-12(19-10)9-16-20(17,18)13-5-3-11-6-7-15-14(11)8-13/h2-5,8,15-16H,6-7,9H2,1H3. The van der Waals surface area contributed by atoms with Gasteiger partial charge in [0.25, 0.3) is 0 Å². The highest BCUT2D eigenvalue weighted by Crippen LogP contribution is 2.25. The van der Waals surface area contributed by atoms with Crippen LogP contribution in [0.15, 0.2) is 35.2 Å². The zero-order chi connectivity index (χ0) is 14.2. The van der Waals surface area contributed by atoms with Crippen molar-refractivity contribution in [1.82, 2.24) is 4.72 Å². The second-order valence-electron chi connectivity index (χ2n) is 4.83. The molecule has 0 saturated heterocycles. The Bertz CT molecular complexity index is 735. The molecular weight excluding hydrogens is 292 g/mol. The van der Waals surface area contributed by atoms with Crippen LogP contribution in [0, 0.1) is 6.92 Å². The molecule has 1 aromatic heterocycles. The number of aryl methyl sites for hydroxylation is 1. The van der Waals surface area contributed by atoms with Crippen LogP contribution in [0.3, 0.4) is 0 Å². The quantitative estimate of drug-likeness (QED) is 0.912. The van der Waals surface area contributed by atoms with Gasteiger partial charge in [-0.15, -0.1) is 11.3 Å². The third-order valence-corrected chi connectivity index (χ3v) is 5.73. The van der Waals surface area contributed by atoms with E-state index in [4.69, 9.17) is 0 Å². The van der Waals surface area contributed by atoms with E-state index in [2.05, 4.69) is 10.0 Å². The fourth-order valence-electron chi connectivity index (χ4n) is 2.27. The smallest absolute Gasteiger partial charge is 0.240 e. The van der Waals surface area contributed by atoms with E-state index >= 15 is 0 Å². The number of thiophene rings is 1. The van der Waals surface area contributed by atoms with Crippen molar-refractivity contribution in [2.24, 2.45) is 0 Å². The molecule has 4 nitrogen and oxygen atoms in total. The summed E-state index contributed by atoms with van der Waals surface area (Å²) in [4.78, 5) is 2.52. The van der Waals surface area contributed by atoms with Crippen molar-refractivity contribution in [2.75, 3.05) is 11.9 Å². The molecule has 0 saturated carbocycles. The van der Waals surface area contributed by atoms with Gasteiger partial charge in [-0.1, -0.05) is 6.07 Å². The first-order valence-corrected chi connectivity index (χ1v) is 8.76. The van der Waals surface area contributed by atoms with Gasteiger partial charge in [0.15, 0.2) is 0 Å². The second-order valence-corrected chi connectivity index (χ2v) is 7.97. The first-order valence-electron chi connectivity index (χ1n) is 6.46. The lowest BCUT2D eigenvalue weighted by Gasteiger charge is -2.07. The fraction of sp³-hybridized carbons (Fsp3) is 0.286. The maximum absolute atomic E-state index is 12.3. The van der Waals surface area contributed by atoms with Gasteiger partial charge in [0.1, 0.15) is 0 Å². The van der Waals surface area contributed by atoms with E-state index in [1.54, 1.807) is 23.5 Å². The highest BCUT2D eigenvalue weighted by atomic mass is 32.2. The average molecular weight is 308 g/mol. The van der Waals surface area contributed by atoms with Crippen LogP contribution in [0.5, 0.6) is 0 Å². The van der Waals surface area contributed by atoms with Crippen LogP contribution in [-0.4, -0.2) is 15.0 Å². The highest BCUT2D eigenvalue weighted by Gasteiger charge is 2.18. The number of benzene rings is 1. The molecule has 1 aliphatic heterocycles. The summed E-state index contributed by atoms with van der Waals surface area (Å²) in [6, 6.07) is 9.22. The molecule has 1 aliphatic rings. The van der Waals surface area contributed by atoms with E-state index in [0.717, 1.165) is 23.5 Å². The Morgan fingerprint density at radius 3 is 2.90 bits per heavy atom. The molecule has 0 unspecified atom stereocenters. The summed E-state index contributed by atoms with van der Waals surface area (Å²) in [5, 5.41) is 3.20. The Kier molecular flexibility index (Phi) is 3.54. The molecule has 3 rings (SSSR count). The second kappa shape index (κ2) is 5.20. The predicted molar refractivity (Wildman–Crippen MR) is 81.7 cm³/mol. The lowest BCUT2D eigenvalue weighted by atomic mass is 10.2. The van der Waals surface area contributed by atoms with E-state index in [0.29, 0.717) is 11.4 Å². The van der Waals surface area contributed by atoms with Crippen LogP contribution >= 0.6 is 11.3 Å². The minimum Gasteiger partial charge on any atom is -0.384 e. The molecule has 0 radical (unpaired) electrons. The molecule has 0 amide bonds. The SMILES string of the molecule is Cc1ccc(CNS(=O)(=O)c2ccc3c(c2)NCC3)s1. The number of hydrogen-bond acceptors (Lipinski definition) is 4. The van der Waals surface area contributed by atoms with Gasteiger partial charge >= 0.3 is 0 Å². The summed E-state index contributed by atoms with van der Waals surface area (Å²) in [5.74, 6) is 0. The molecule has 0 bridgehead atoms. The summed E-state index contributed by atoms with van der Waals surface area (Å²) in [7, 11) is -3.45. The zero-order valence-electron chi connectivity index (χ0n) is 11.1.